The number of allylic oxidation sites excluding steroid dienone is 2. The van der Waals surface area contributed by atoms with Crippen LogP contribution in [0, 0.1) is 0 Å². The highest BCUT2D eigenvalue weighted by Gasteiger charge is 2.24. The van der Waals surface area contributed by atoms with Crippen LogP contribution in [-0.2, 0) is 9.59 Å². The molecule has 132 valence electrons. The molecule has 0 saturated heterocycles. The second-order valence-corrected chi connectivity index (χ2v) is 5.89. The Morgan fingerprint density at radius 3 is 1.35 bits per heavy atom. The standard InChI is InChI=1S/C20H20N4O2/c1-13-17(19(25)23-15-9-5-3-6-10-15)22-14(2)18(21-13)20(26)24-16-11-7-4-8-12-16/h3-12,21-22H,1-2H3,(H,23,25)(H,24,26). The van der Waals surface area contributed by atoms with Gasteiger partial charge in [-0.1, -0.05) is 36.4 Å². The first-order chi connectivity index (χ1) is 12.5. The van der Waals surface area contributed by atoms with Gasteiger partial charge in [-0.3, -0.25) is 9.59 Å². The van der Waals surface area contributed by atoms with E-state index in [0.717, 1.165) is 0 Å². The molecule has 1 heterocycles. The molecule has 0 unspecified atom stereocenters. The minimum absolute atomic E-state index is 0.275. The molecule has 2 aromatic rings. The van der Waals surface area contributed by atoms with Crippen molar-refractivity contribution in [3.8, 4) is 0 Å². The maximum atomic E-state index is 12.5. The van der Waals surface area contributed by atoms with Crippen LogP contribution >= 0.6 is 0 Å². The van der Waals surface area contributed by atoms with Crippen molar-refractivity contribution >= 4 is 23.2 Å². The molecule has 26 heavy (non-hydrogen) atoms. The summed E-state index contributed by atoms with van der Waals surface area (Å²) in [5, 5.41) is 11.7. The summed E-state index contributed by atoms with van der Waals surface area (Å²) in [4.78, 5) is 25.0. The van der Waals surface area contributed by atoms with E-state index in [-0.39, 0.29) is 11.8 Å². The van der Waals surface area contributed by atoms with Gasteiger partial charge in [-0.05, 0) is 38.1 Å². The molecule has 0 saturated carbocycles. The first-order valence-electron chi connectivity index (χ1n) is 8.23. The lowest BCUT2D eigenvalue weighted by molar-refractivity contribution is -0.114. The van der Waals surface area contributed by atoms with Crippen LogP contribution in [0.25, 0.3) is 0 Å². The number of nitrogens with one attached hydrogen (secondary N) is 4. The number of benzene rings is 2. The minimum atomic E-state index is -0.275. The Hall–Kier alpha value is -3.54. The summed E-state index contributed by atoms with van der Waals surface area (Å²) in [6.45, 7) is 3.49. The summed E-state index contributed by atoms with van der Waals surface area (Å²) in [7, 11) is 0. The van der Waals surface area contributed by atoms with Gasteiger partial charge in [0.1, 0.15) is 11.4 Å². The van der Waals surface area contributed by atoms with Crippen molar-refractivity contribution in [3.05, 3.63) is 83.5 Å². The van der Waals surface area contributed by atoms with Crippen LogP contribution in [-0.4, -0.2) is 11.8 Å². The highest BCUT2D eigenvalue weighted by atomic mass is 16.2. The van der Waals surface area contributed by atoms with Gasteiger partial charge in [0.2, 0.25) is 0 Å². The monoisotopic (exact) mass is 348 g/mol. The van der Waals surface area contributed by atoms with Gasteiger partial charge < -0.3 is 21.3 Å². The summed E-state index contributed by atoms with van der Waals surface area (Å²) in [5.41, 5.74) is 3.30. The zero-order valence-corrected chi connectivity index (χ0v) is 14.6. The summed E-state index contributed by atoms with van der Waals surface area (Å²) < 4.78 is 0. The second-order valence-electron chi connectivity index (χ2n) is 5.89. The van der Waals surface area contributed by atoms with Crippen molar-refractivity contribution < 1.29 is 9.59 Å². The molecule has 0 aliphatic carbocycles. The Labute approximate surface area is 152 Å². The lowest BCUT2D eigenvalue weighted by Crippen LogP contribution is -2.38. The third-order valence-electron chi connectivity index (χ3n) is 3.89. The molecule has 3 rings (SSSR count). The van der Waals surface area contributed by atoms with E-state index < -0.39 is 0 Å². The average Bonchev–Trinajstić information content (AvgIpc) is 2.64. The third kappa shape index (κ3) is 3.92. The van der Waals surface area contributed by atoms with E-state index in [0.29, 0.717) is 34.2 Å². The van der Waals surface area contributed by atoms with Gasteiger partial charge in [0, 0.05) is 22.8 Å². The molecule has 0 spiro atoms. The normalized spacial score (nSPS) is 13.6. The molecule has 0 bridgehead atoms. The van der Waals surface area contributed by atoms with Crippen molar-refractivity contribution in [3.63, 3.8) is 0 Å². The fourth-order valence-electron chi connectivity index (χ4n) is 2.57. The summed E-state index contributed by atoms with van der Waals surface area (Å²) in [5.74, 6) is -0.550. The molecule has 0 aromatic heterocycles. The summed E-state index contributed by atoms with van der Waals surface area (Å²) in [6, 6.07) is 18.4. The minimum Gasteiger partial charge on any atom is -0.351 e. The van der Waals surface area contributed by atoms with E-state index in [1.807, 2.05) is 60.7 Å². The topological polar surface area (TPSA) is 82.3 Å². The number of carbonyl (C=O) groups is 2. The first-order valence-corrected chi connectivity index (χ1v) is 8.23. The molecular weight excluding hydrogens is 328 g/mol. The SMILES string of the molecule is CC1=C(C(=O)Nc2ccccc2)NC(C)=C(C(=O)Nc2ccccc2)N1. The van der Waals surface area contributed by atoms with Gasteiger partial charge in [0.05, 0.1) is 0 Å². The molecule has 0 radical (unpaired) electrons. The molecule has 2 aromatic carbocycles. The largest absolute Gasteiger partial charge is 0.351 e. The van der Waals surface area contributed by atoms with Crippen LogP contribution < -0.4 is 21.3 Å². The van der Waals surface area contributed by atoms with E-state index in [4.69, 9.17) is 0 Å². The maximum absolute atomic E-state index is 12.5. The quantitative estimate of drug-likeness (QED) is 0.685. The van der Waals surface area contributed by atoms with Crippen molar-refractivity contribution in [2.45, 2.75) is 13.8 Å². The molecular formula is C20H20N4O2. The lowest BCUT2D eigenvalue weighted by atomic mass is 10.2. The molecule has 6 nitrogen and oxygen atoms in total. The molecule has 4 N–H and O–H groups in total. The Kier molecular flexibility index (Phi) is 5.03. The number of para-hydroxylation sites is 2. The van der Waals surface area contributed by atoms with Gasteiger partial charge in [0.25, 0.3) is 11.8 Å². The predicted octanol–water partition coefficient (Wildman–Crippen LogP) is 2.92. The molecule has 2 amide bonds. The molecule has 1 aliphatic rings. The highest BCUT2D eigenvalue weighted by molar-refractivity contribution is 6.07. The van der Waals surface area contributed by atoms with Crippen molar-refractivity contribution in [2.75, 3.05) is 10.6 Å². The van der Waals surface area contributed by atoms with Gasteiger partial charge >= 0.3 is 0 Å². The molecule has 0 fully saturated rings. The van der Waals surface area contributed by atoms with Crippen LogP contribution in [0.5, 0.6) is 0 Å². The smallest absolute Gasteiger partial charge is 0.273 e. The van der Waals surface area contributed by atoms with E-state index in [1.54, 1.807) is 13.8 Å². The fraction of sp³-hybridized carbons (Fsp3) is 0.100. The Balaban J connectivity index is 1.71. The molecule has 6 heteroatoms. The maximum Gasteiger partial charge on any atom is 0.273 e. The lowest BCUT2D eigenvalue weighted by Gasteiger charge is -2.24. The van der Waals surface area contributed by atoms with Crippen LogP contribution in [0.2, 0.25) is 0 Å². The van der Waals surface area contributed by atoms with Crippen LogP contribution in [0.1, 0.15) is 13.8 Å². The van der Waals surface area contributed by atoms with Gasteiger partial charge in [-0.25, -0.2) is 0 Å². The van der Waals surface area contributed by atoms with Gasteiger partial charge in [0.15, 0.2) is 0 Å². The Bertz CT molecular complexity index is 811. The predicted molar refractivity (Wildman–Crippen MR) is 102 cm³/mol. The van der Waals surface area contributed by atoms with Crippen molar-refractivity contribution in [2.24, 2.45) is 0 Å². The summed E-state index contributed by atoms with van der Waals surface area (Å²) >= 11 is 0. The first kappa shape index (κ1) is 17.3. The number of rotatable bonds is 4. The molecule has 0 atom stereocenters. The van der Waals surface area contributed by atoms with E-state index in [1.165, 1.54) is 0 Å². The second kappa shape index (κ2) is 7.57. The Morgan fingerprint density at radius 2 is 1.00 bits per heavy atom. The van der Waals surface area contributed by atoms with Crippen molar-refractivity contribution in [1.82, 2.24) is 10.6 Å². The van der Waals surface area contributed by atoms with E-state index >= 15 is 0 Å². The highest BCUT2D eigenvalue weighted by Crippen LogP contribution is 2.17. The van der Waals surface area contributed by atoms with E-state index in [9.17, 15) is 9.59 Å². The zero-order valence-electron chi connectivity index (χ0n) is 14.6. The summed E-state index contributed by atoms with van der Waals surface area (Å²) in [6.07, 6.45) is 0. The van der Waals surface area contributed by atoms with Gasteiger partial charge in [-0.2, -0.15) is 0 Å². The fourth-order valence-corrected chi connectivity index (χ4v) is 2.57. The van der Waals surface area contributed by atoms with Gasteiger partial charge in [-0.15, -0.1) is 0 Å². The number of carbonyl (C=O) groups excluding carboxylic acids is 2. The average molecular weight is 348 g/mol. The van der Waals surface area contributed by atoms with Crippen LogP contribution in [0.3, 0.4) is 0 Å². The Morgan fingerprint density at radius 1 is 0.654 bits per heavy atom. The van der Waals surface area contributed by atoms with E-state index in [2.05, 4.69) is 21.3 Å². The zero-order chi connectivity index (χ0) is 18.5. The third-order valence-corrected chi connectivity index (χ3v) is 3.89. The van der Waals surface area contributed by atoms with Crippen molar-refractivity contribution in [1.29, 1.82) is 0 Å². The number of hydrogen-bond acceptors (Lipinski definition) is 4. The number of anilines is 2. The van der Waals surface area contributed by atoms with Crippen LogP contribution in [0.15, 0.2) is 83.5 Å². The number of amides is 2. The molecule has 1 aliphatic heterocycles. The number of hydrogen-bond donors (Lipinski definition) is 4. The van der Waals surface area contributed by atoms with Crippen LogP contribution in [0.4, 0.5) is 11.4 Å².